The summed E-state index contributed by atoms with van der Waals surface area (Å²) in [7, 11) is 0. The van der Waals surface area contributed by atoms with Crippen molar-refractivity contribution in [3.05, 3.63) is 83.6 Å². The van der Waals surface area contributed by atoms with E-state index in [1.807, 2.05) is 30.3 Å². The summed E-state index contributed by atoms with van der Waals surface area (Å²) >= 11 is 0. The van der Waals surface area contributed by atoms with Crippen molar-refractivity contribution >= 4 is 17.6 Å². The molecule has 0 spiro atoms. The van der Waals surface area contributed by atoms with Crippen LogP contribution in [0.15, 0.2) is 72.5 Å². The Kier molecular flexibility index (Phi) is 7.94. The van der Waals surface area contributed by atoms with Gasteiger partial charge in [0.2, 0.25) is 11.8 Å². The second kappa shape index (κ2) is 11.0. The third-order valence-electron chi connectivity index (χ3n) is 7.58. The topological polar surface area (TPSA) is 135 Å². The minimum atomic E-state index is -1.69. The van der Waals surface area contributed by atoms with E-state index >= 15 is 0 Å². The van der Waals surface area contributed by atoms with Gasteiger partial charge in [0.1, 0.15) is 17.7 Å². The first-order valence-corrected chi connectivity index (χ1v) is 12.6. The van der Waals surface area contributed by atoms with Crippen LogP contribution in [0.4, 0.5) is 14.6 Å². The van der Waals surface area contributed by atoms with Crippen LogP contribution in [0.2, 0.25) is 0 Å². The number of halogens is 2. The molecule has 10 heteroatoms. The number of aryl methyl sites for hydroxylation is 1. The van der Waals surface area contributed by atoms with Crippen LogP contribution in [0.25, 0.3) is 0 Å². The van der Waals surface area contributed by atoms with Crippen LogP contribution in [-0.2, 0) is 22.6 Å². The number of carbonyl (C=O) groups is 2. The van der Waals surface area contributed by atoms with Gasteiger partial charge in [-0.2, -0.15) is 0 Å². The quantitative estimate of drug-likeness (QED) is 0.419. The lowest BCUT2D eigenvalue weighted by atomic mass is 9.68. The lowest BCUT2D eigenvalue weighted by molar-refractivity contribution is -0.140. The summed E-state index contributed by atoms with van der Waals surface area (Å²) in [6, 6.07) is 10.9. The number of benzene rings is 1. The van der Waals surface area contributed by atoms with Gasteiger partial charge in [0, 0.05) is 31.0 Å². The predicted octanol–water partition coefficient (Wildman–Crippen LogP) is 2.69. The van der Waals surface area contributed by atoms with Crippen molar-refractivity contribution in [3.8, 4) is 0 Å². The molecular weight excluding hydrogens is 492 g/mol. The van der Waals surface area contributed by atoms with E-state index in [9.17, 15) is 23.5 Å². The summed E-state index contributed by atoms with van der Waals surface area (Å²) in [6.07, 6.45) is 4.25. The van der Waals surface area contributed by atoms with Crippen molar-refractivity contribution in [2.75, 3.05) is 12.3 Å². The highest BCUT2D eigenvalue weighted by Crippen LogP contribution is 2.49. The molecule has 202 valence electrons. The Morgan fingerprint density at radius 1 is 1.24 bits per heavy atom. The van der Waals surface area contributed by atoms with E-state index in [4.69, 9.17) is 11.5 Å². The molecule has 2 amide bonds. The molecule has 0 bridgehead atoms. The molecule has 6 N–H and O–H groups in total. The Morgan fingerprint density at radius 3 is 2.66 bits per heavy atom. The number of hydrogen-bond acceptors (Lipinski definition) is 6. The predicted molar refractivity (Wildman–Crippen MR) is 139 cm³/mol. The normalized spacial score (nSPS) is 25.9. The molecule has 2 aliphatic rings. The maximum Gasteiger partial charge on any atom is 0.243 e. The zero-order chi connectivity index (χ0) is 27.5. The monoisotopic (exact) mass is 525 g/mol. The van der Waals surface area contributed by atoms with Gasteiger partial charge in [-0.25, -0.2) is 13.8 Å². The number of nitrogens with one attached hydrogen (secondary N) is 1. The summed E-state index contributed by atoms with van der Waals surface area (Å²) in [4.78, 5) is 32.1. The number of likely N-dealkylation sites (tertiary alicyclic amines) is 1. The number of hydrogen-bond donors (Lipinski definition) is 4. The van der Waals surface area contributed by atoms with Crippen LogP contribution in [0, 0.1) is 5.41 Å². The lowest BCUT2D eigenvalue weighted by Gasteiger charge is -2.41. The molecule has 1 aliphatic carbocycles. The Hall–Kier alpha value is -3.63. The van der Waals surface area contributed by atoms with Gasteiger partial charge < -0.3 is 26.8 Å². The first-order chi connectivity index (χ1) is 18.0. The van der Waals surface area contributed by atoms with Gasteiger partial charge >= 0.3 is 0 Å². The average molecular weight is 526 g/mol. The largest absolute Gasteiger partial charge is 0.387 e. The molecule has 0 radical (unpaired) electrons. The number of nitrogen functional groups attached to an aromatic ring is 1. The van der Waals surface area contributed by atoms with Crippen molar-refractivity contribution in [2.24, 2.45) is 11.1 Å². The fraction of sp³-hybridized carbons (Fsp3) is 0.393. The van der Waals surface area contributed by atoms with E-state index < -0.39 is 53.0 Å². The number of nitrogens with two attached hydrogens (primary N) is 2. The van der Waals surface area contributed by atoms with Crippen molar-refractivity contribution < 1.29 is 23.5 Å². The summed E-state index contributed by atoms with van der Waals surface area (Å²) < 4.78 is 28.0. The third-order valence-corrected chi connectivity index (χ3v) is 7.58. The van der Waals surface area contributed by atoms with E-state index in [0.29, 0.717) is 24.2 Å². The molecule has 38 heavy (non-hydrogen) atoms. The van der Waals surface area contributed by atoms with E-state index in [0.717, 1.165) is 11.6 Å². The lowest BCUT2D eigenvalue weighted by Crippen LogP contribution is -2.52. The molecule has 8 nitrogen and oxygen atoms in total. The van der Waals surface area contributed by atoms with Gasteiger partial charge in [-0.3, -0.25) is 9.59 Å². The smallest absolute Gasteiger partial charge is 0.243 e. The number of amides is 2. The first kappa shape index (κ1) is 27.4. The number of anilines is 1. The van der Waals surface area contributed by atoms with Gasteiger partial charge in [0.15, 0.2) is 5.83 Å². The number of β-amino-alcohol motifs (C(OH)–C–C–N with tert-alkyl or cyclic N) is 1. The third kappa shape index (κ3) is 5.76. The van der Waals surface area contributed by atoms with Gasteiger partial charge in [-0.15, -0.1) is 0 Å². The Labute approximate surface area is 220 Å². The highest BCUT2D eigenvalue weighted by atomic mass is 19.2. The van der Waals surface area contributed by atoms with Gasteiger partial charge in [-0.05, 0) is 42.2 Å². The van der Waals surface area contributed by atoms with Crippen LogP contribution < -0.4 is 16.8 Å². The molecule has 4 atom stereocenters. The van der Waals surface area contributed by atoms with Gasteiger partial charge in [0.05, 0.1) is 18.2 Å². The Morgan fingerprint density at radius 2 is 1.97 bits per heavy atom. The maximum atomic E-state index is 14.3. The van der Waals surface area contributed by atoms with Crippen molar-refractivity contribution in [1.82, 2.24) is 15.2 Å². The summed E-state index contributed by atoms with van der Waals surface area (Å²) in [5.41, 5.74) is 10.8. The fourth-order valence-electron chi connectivity index (χ4n) is 5.11. The zero-order valence-corrected chi connectivity index (χ0v) is 21.2. The minimum absolute atomic E-state index is 0.127. The second-order valence-electron chi connectivity index (χ2n) is 10.3. The van der Waals surface area contributed by atoms with E-state index in [-0.39, 0.29) is 19.5 Å². The zero-order valence-electron chi connectivity index (χ0n) is 21.2. The minimum Gasteiger partial charge on any atom is -0.387 e. The van der Waals surface area contributed by atoms with Crippen LogP contribution in [0.5, 0.6) is 0 Å². The van der Waals surface area contributed by atoms with Gasteiger partial charge in [0.25, 0.3) is 0 Å². The van der Waals surface area contributed by atoms with Crippen LogP contribution >= 0.6 is 0 Å². The first-order valence-electron chi connectivity index (χ1n) is 12.6. The van der Waals surface area contributed by atoms with E-state index in [2.05, 4.69) is 10.3 Å². The van der Waals surface area contributed by atoms with Crippen molar-refractivity contribution in [1.29, 1.82) is 0 Å². The SMILES string of the molecule is CC1([C@]2(O)C[C@@H](C(=O)NCc3ccnc(N)c3)N(C(=O)[C@H](N)CCc3ccccc3)C2)C=CC(F)=C(F)C1. The van der Waals surface area contributed by atoms with Crippen molar-refractivity contribution in [2.45, 2.75) is 56.8 Å². The molecule has 0 saturated carbocycles. The van der Waals surface area contributed by atoms with E-state index in [1.54, 1.807) is 19.1 Å². The number of pyridine rings is 1. The molecule has 2 heterocycles. The number of allylic oxidation sites excluding steroid dienone is 3. The standard InChI is InChI=1S/C28H33F2N5O3/c1-27(11-9-20(29)21(30)14-27)28(38)15-23(25(36)34-16-19-10-12-33-24(32)13-19)35(17-28)26(37)22(31)8-7-18-5-3-2-4-6-18/h2-6,9-13,22-23,38H,7-8,14-17,31H2,1H3,(H2,32,33)(H,34,36)/t22-,23+,27?,28+/m1/s1. The Bertz CT molecular complexity index is 1250. The molecular formula is C28H33F2N5O3. The summed E-state index contributed by atoms with van der Waals surface area (Å²) in [5.74, 6) is -2.66. The molecule has 1 aromatic heterocycles. The van der Waals surface area contributed by atoms with Gasteiger partial charge in [-0.1, -0.05) is 43.3 Å². The van der Waals surface area contributed by atoms with Crippen molar-refractivity contribution in [3.63, 3.8) is 0 Å². The number of aliphatic hydroxyl groups is 1. The average Bonchev–Trinajstić information content (AvgIpc) is 3.28. The van der Waals surface area contributed by atoms with Crippen LogP contribution in [-0.4, -0.2) is 51.0 Å². The number of rotatable bonds is 8. The molecule has 2 aromatic rings. The molecule has 1 fully saturated rings. The number of carbonyl (C=O) groups excluding carboxylic acids is 2. The van der Waals surface area contributed by atoms with Crippen LogP contribution in [0.3, 0.4) is 0 Å². The fourth-order valence-corrected chi connectivity index (χ4v) is 5.11. The highest BCUT2D eigenvalue weighted by molar-refractivity contribution is 5.90. The molecule has 1 aromatic carbocycles. The summed E-state index contributed by atoms with van der Waals surface area (Å²) in [6.45, 7) is 1.47. The van der Waals surface area contributed by atoms with E-state index in [1.165, 1.54) is 17.2 Å². The summed E-state index contributed by atoms with van der Waals surface area (Å²) in [5, 5.41) is 14.5. The highest BCUT2D eigenvalue weighted by Gasteiger charge is 2.57. The maximum absolute atomic E-state index is 14.3. The molecule has 1 unspecified atom stereocenters. The molecule has 1 aliphatic heterocycles. The molecule has 4 rings (SSSR count). The second-order valence-corrected chi connectivity index (χ2v) is 10.3. The number of aromatic nitrogens is 1. The number of nitrogens with zero attached hydrogens (tertiary/aromatic N) is 2. The van der Waals surface area contributed by atoms with Crippen LogP contribution in [0.1, 0.15) is 37.3 Å². The molecule has 1 saturated heterocycles. The Balaban J connectivity index is 1.54.